The lowest BCUT2D eigenvalue weighted by Gasteiger charge is -2.32. The van der Waals surface area contributed by atoms with Gasteiger partial charge in [0.25, 0.3) is 10.0 Å². The highest BCUT2D eigenvalue weighted by Gasteiger charge is 2.32. The molecular formula is C33H33Cl2N3O5S. The van der Waals surface area contributed by atoms with Crippen molar-refractivity contribution in [1.29, 1.82) is 0 Å². The van der Waals surface area contributed by atoms with Gasteiger partial charge in [-0.1, -0.05) is 65.2 Å². The van der Waals surface area contributed by atoms with Crippen molar-refractivity contribution in [2.24, 2.45) is 0 Å². The molecule has 0 radical (unpaired) electrons. The lowest BCUT2D eigenvalue weighted by Crippen LogP contribution is -2.51. The van der Waals surface area contributed by atoms with E-state index in [2.05, 4.69) is 5.32 Å². The van der Waals surface area contributed by atoms with Gasteiger partial charge in [-0.15, -0.1) is 0 Å². The summed E-state index contributed by atoms with van der Waals surface area (Å²) < 4.78 is 35.0. The molecule has 0 aliphatic rings. The van der Waals surface area contributed by atoms with Crippen LogP contribution in [0, 0.1) is 6.92 Å². The monoisotopic (exact) mass is 653 g/mol. The van der Waals surface area contributed by atoms with Crippen molar-refractivity contribution in [3.8, 4) is 11.5 Å². The quantitative estimate of drug-likeness (QED) is 0.181. The van der Waals surface area contributed by atoms with Crippen LogP contribution in [0.2, 0.25) is 10.0 Å². The van der Waals surface area contributed by atoms with Crippen molar-refractivity contribution in [3.05, 3.63) is 118 Å². The van der Waals surface area contributed by atoms with E-state index in [1.54, 1.807) is 80.6 Å². The number of benzene rings is 4. The minimum atomic E-state index is -4.21. The number of para-hydroxylation sites is 1. The molecule has 4 aromatic carbocycles. The van der Waals surface area contributed by atoms with Gasteiger partial charge in [-0.2, -0.15) is 0 Å². The molecule has 4 aromatic rings. The number of nitrogens with zero attached hydrogens (tertiary/aromatic N) is 2. The number of hydrogen-bond acceptors (Lipinski definition) is 5. The first-order chi connectivity index (χ1) is 21.0. The van der Waals surface area contributed by atoms with Crippen molar-refractivity contribution < 1.29 is 22.7 Å². The Hall–Kier alpha value is -4.05. The SMILES string of the molecule is CCNC(=O)[C@@H](C)N(Cc1ccc(Cl)c(Cl)c1)C(=O)CN(c1ccc(Oc2ccccc2)cc1)S(=O)(=O)c1ccc(C)cc1. The zero-order valence-electron chi connectivity index (χ0n) is 24.5. The summed E-state index contributed by atoms with van der Waals surface area (Å²) in [6, 6.07) is 26.0. The third-order valence-electron chi connectivity index (χ3n) is 6.85. The molecule has 0 bridgehead atoms. The van der Waals surface area contributed by atoms with Crippen LogP contribution in [0.4, 0.5) is 5.69 Å². The first-order valence-electron chi connectivity index (χ1n) is 13.9. The molecule has 0 aliphatic heterocycles. The fourth-order valence-corrected chi connectivity index (χ4v) is 6.15. The Labute approximate surface area is 268 Å². The van der Waals surface area contributed by atoms with E-state index in [1.165, 1.54) is 17.0 Å². The Morgan fingerprint density at radius 3 is 2.11 bits per heavy atom. The van der Waals surface area contributed by atoms with E-state index in [-0.39, 0.29) is 23.0 Å². The number of hydrogen-bond donors (Lipinski definition) is 1. The fraction of sp³-hybridized carbons (Fsp3) is 0.212. The minimum absolute atomic E-state index is 0.00367. The van der Waals surface area contributed by atoms with Crippen molar-refractivity contribution >= 4 is 50.7 Å². The maximum absolute atomic E-state index is 14.0. The second kappa shape index (κ2) is 14.6. The summed E-state index contributed by atoms with van der Waals surface area (Å²) in [4.78, 5) is 28.3. The van der Waals surface area contributed by atoms with Crippen LogP contribution in [0.25, 0.3) is 0 Å². The third-order valence-corrected chi connectivity index (χ3v) is 9.37. The summed E-state index contributed by atoms with van der Waals surface area (Å²) in [5.74, 6) is 0.147. The molecular weight excluding hydrogens is 621 g/mol. The molecule has 0 aromatic heterocycles. The Bertz CT molecular complexity index is 1700. The molecule has 1 N–H and O–H groups in total. The third kappa shape index (κ3) is 8.11. The van der Waals surface area contributed by atoms with Gasteiger partial charge in [-0.3, -0.25) is 13.9 Å². The van der Waals surface area contributed by atoms with Gasteiger partial charge < -0.3 is 15.0 Å². The van der Waals surface area contributed by atoms with Crippen LogP contribution in [0.3, 0.4) is 0 Å². The smallest absolute Gasteiger partial charge is 0.264 e. The van der Waals surface area contributed by atoms with Crippen LogP contribution in [0.15, 0.2) is 102 Å². The average molecular weight is 655 g/mol. The van der Waals surface area contributed by atoms with Gasteiger partial charge in [0.1, 0.15) is 24.1 Å². The molecule has 0 saturated carbocycles. The summed E-state index contributed by atoms with van der Waals surface area (Å²) in [5.41, 5.74) is 1.76. The lowest BCUT2D eigenvalue weighted by atomic mass is 10.1. The number of amides is 2. The summed E-state index contributed by atoms with van der Waals surface area (Å²) >= 11 is 12.3. The predicted octanol–water partition coefficient (Wildman–Crippen LogP) is 6.84. The molecule has 0 aliphatic carbocycles. The van der Waals surface area contributed by atoms with E-state index in [9.17, 15) is 18.0 Å². The maximum Gasteiger partial charge on any atom is 0.264 e. The van der Waals surface area contributed by atoms with Gasteiger partial charge in [0, 0.05) is 13.1 Å². The van der Waals surface area contributed by atoms with E-state index >= 15 is 0 Å². The maximum atomic E-state index is 14.0. The molecule has 2 amide bonds. The molecule has 0 saturated heterocycles. The second-order valence-corrected chi connectivity index (χ2v) is 12.8. The molecule has 11 heteroatoms. The number of sulfonamides is 1. The topological polar surface area (TPSA) is 96.0 Å². The minimum Gasteiger partial charge on any atom is -0.457 e. The molecule has 44 heavy (non-hydrogen) atoms. The van der Waals surface area contributed by atoms with Gasteiger partial charge in [0.15, 0.2) is 0 Å². The van der Waals surface area contributed by atoms with Gasteiger partial charge >= 0.3 is 0 Å². The molecule has 8 nitrogen and oxygen atoms in total. The number of rotatable bonds is 12. The largest absolute Gasteiger partial charge is 0.457 e. The molecule has 0 spiro atoms. The first kappa shape index (κ1) is 32.9. The number of aryl methyl sites for hydroxylation is 1. The first-order valence-corrected chi connectivity index (χ1v) is 16.1. The standard InChI is InChI=1S/C33H33Cl2N3O5S/c1-4-36-33(40)24(3)37(21-25-12-19-30(34)31(35)20-25)32(39)22-38(44(41,42)29-17-10-23(2)11-18-29)26-13-15-28(16-14-26)43-27-8-6-5-7-9-27/h5-20,24H,4,21-22H2,1-3H3,(H,36,40)/t24-/m1/s1. The number of carbonyl (C=O) groups is 2. The normalized spacial score (nSPS) is 11.8. The molecule has 4 rings (SSSR count). The van der Waals surface area contributed by atoms with Crippen LogP contribution < -0.4 is 14.4 Å². The lowest BCUT2D eigenvalue weighted by molar-refractivity contribution is -0.139. The van der Waals surface area contributed by atoms with Crippen molar-refractivity contribution in [2.75, 3.05) is 17.4 Å². The molecule has 230 valence electrons. The van der Waals surface area contributed by atoms with E-state index in [0.717, 1.165) is 9.87 Å². The molecule has 0 heterocycles. The highest BCUT2D eigenvalue weighted by Crippen LogP contribution is 2.29. The van der Waals surface area contributed by atoms with E-state index < -0.39 is 28.5 Å². The predicted molar refractivity (Wildman–Crippen MR) is 174 cm³/mol. The van der Waals surface area contributed by atoms with E-state index in [4.69, 9.17) is 27.9 Å². The summed E-state index contributed by atoms with van der Waals surface area (Å²) in [7, 11) is -4.21. The van der Waals surface area contributed by atoms with Crippen LogP contribution >= 0.6 is 23.2 Å². The van der Waals surface area contributed by atoms with E-state index in [0.29, 0.717) is 33.7 Å². The van der Waals surface area contributed by atoms with Crippen LogP contribution in [0.5, 0.6) is 11.5 Å². The van der Waals surface area contributed by atoms with Crippen molar-refractivity contribution in [3.63, 3.8) is 0 Å². The molecule has 0 fully saturated rings. The Morgan fingerprint density at radius 2 is 1.50 bits per heavy atom. The number of ether oxygens (including phenoxy) is 1. The number of nitrogens with one attached hydrogen (secondary N) is 1. The second-order valence-electron chi connectivity index (χ2n) is 10.1. The Kier molecular flexibility index (Phi) is 10.9. The van der Waals surface area contributed by atoms with Gasteiger partial charge in [-0.05, 0) is 87.0 Å². The summed E-state index contributed by atoms with van der Waals surface area (Å²) in [6.07, 6.45) is 0. The van der Waals surface area contributed by atoms with Crippen LogP contribution in [0.1, 0.15) is 25.0 Å². The average Bonchev–Trinajstić information content (AvgIpc) is 3.01. The molecule has 1 atom stereocenters. The van der Waals surface area contributed by atoms with Crippen molar-refractivity contribution in [1.82, 2.24) is 10.2 Å². The highest BCUT2D eigenvalue weighted by atomic mass is 35.5. The van der Waals surface area contributed by atoms with Gasteiger partial charge in [0.05, 0.1) is 20.6 Å². The van der Waals surface area contributed by atoms with Gasteiger partial charge in [-0.25, -0.2) is 8.42 Å². The number of likely N-dealkylation sites (N-methyl/N-ethyl adjacent to an activating group) is 1. The summed E-state index contributed by atoms with van der Waals surface area (Å²) in [6.45, 7) is 5.01. The van der Waals surface area contributed by atoms with Crippen LogP contribution in [-0.2, 0) is 26.2 Å². The zero-order valence-corrected chi connectivity index (χ0v) is 26.9. The number of carbonyl (C=O) groups excluding carboxylic acids is 2. The Balaban J connectivity index is 1.71. The number of halogens is 2. The number of anilines is 1. The zero-order chi connectivity index (χ0) is 31.9. The van der Waals surface area contributed by atoms with Gasteiger partial charge in [0.2, 0.25) is 11.8 Å². The van der Waals surface area contributed by atoms with Crippen molar-refractivity contribution in [2.45, 2.75) is 38.3 Å². The molecule has 0 unspecified atom stereocenters. The van der Waals surface area contributed by atoms with E-state index in [1.807, 2.05) is 25.1 Å². The Morgan fingerprint density at radius 1 is 0.864 bits per heavy atom. The summed E-state index contributed by atoms with van der Waals surface area (Å²) in [5, 5.41) is 3.38. The highest BCUT2D eigenvalue weighted by molar-refractivity contribution is 7.92. The van der Waals surface area contributed by atoms with Crippen LogP contribution in [-0.4, -0.2) is 44.3 Å². The fourth-order valence-electron chi connectivity index (χ4n) is 4.41.